The SMILES string of the molecule is Cc1cc(NC(=O)c2cc(C(=O)NCc3ccncc3)ccn2)no1. The van der Waals surface area contributed by atoms with Gasteiger partial charge in [-0.15, -0.1) is 0 Å². The first-order chi connectivity index (χ1) is 12.1. The van der Waals surface area contributed by atoms with Crippen LogP contribution in [0.15, 0.2) is 53.4 Å². The Labute approximate surface area is 143 Å². The zero-order chi connectivity index (χ0) is 17.6. The summed E-state index contributed by atoms with van der Waals surface area (Å²) in [5, 5.41) is 9.02. The lowest BCUT2D eigenvalue weighted by Crippen LogP contribution is -2.23. The molecule has 2 amide bonds. The smallest absolute Gasteiger partial charge is 0.275 e. The lowest BCUT2D eigenvalue weighted by atomic mass is 10.2. The average molecular weight is 337 g/mol. The van der Waals surface area contributed by atoms with Crippen LogP contribution >= 0.6 is 0 Å². The fourth-order valence-corrected chi connectivity index (χ4v) is 2.09. The van der Waals surface area contributed by atoms with Gasteiger partial charge in [-0.3, -0.25) is 19.6 Å². The summed E-state index contributed by atoms with van der Waals surface area (Å²) in [5.41, 5.74) is 1.37. The number of amides is 2. The Kier molecular flexibility index (Phi) is 4.79. The Morgan fingerprint density at radius 1 is 1.08 bits per heavy atom. The number of nitrogens with one attached hydrogen (secondary N) is 2. The molecule has 0 bridgehead atoms. The molecule has 2 N–H and O–H groups in total. The first kappa shape index (κ1) is 16.3. The number of carbonyl (C=O) groups excluding carboxylic acids is 2. The minimum absolute atomic E-state index is 0.109. The van der Waals surface area contributed by atoms with E-state index in [4.69, 9.17) is 4.52 Å². The van der Waals surface area contributed by atoms with Crippen LogP contribution in [0.1, 0.15) is 32.2 Å². The minimum atomic E-state index is -0.475. The monoisotopic (exact) mass is 337 g/mol. The van der Waals surface area contributed by atoms with Crippen molar-refractivity contribution in [1.29, 1.82) is 0 Å². The van der Waals surface area contributed by atoms with Gasteiger partial charge >= 0.3 is 0 Å². The molecule has 3 aromatic rings. The van der Waals surface area contributed by atoms with E-state index in [1.165, 1.54) is 12.3 Å². The number of pyridine rings is 2. The number of rotatable bonds is 5. The molecule has 3 heterocycles. The van der Waals surface area contributed by atoms with Crippen molar-refractivity contribution in [3.63, 3.8) is 0 Å². The molecular formula is C17H15N5O3. The Morgan fingerprint density at radius 3 is 2.60 bits per heavy atom. The molecule has 8 nitrogen and oxygen atoms in total. The maximum absolute atomic E-state index is 12.2. The highest BCUT2D eigenvalue weighted by Crippen LogP contribution is 2.10. The quantitative estimate of drug-likeness (QED) is 0.736. The molecule has 0 aliphatic carbocycles. The van der Waals surface area contributed by atoms with E-state index in [0.717, 1.165) is 5.56 Å². The van der Waals surface area contributed by atoms with E-state index in [1.54, 1.807) is 31.5 Å². The van der Waals surface area contributed by atoms with Crippen LogP contribution in [-0.2, 0) is 6.54 Å². The summed E-state index contributed by atoms with van der Waals surface area (Å²) in [7, 11) is 0. The molecule has 0 unspecified atom stereocenters. The van der Waals surface area contributed by atoms with Gasteiger partial charge in [0, 0.05) is 36.8 Å². The van der Waals surface area contributed by atoms with Crippen molar-refractivity contribution in [2.45, 2.75) is 13.5 Å². The van der Waals surface area contributed by atoms with Gasteiger partial charge < -0.3 is 15.2 Å². The fourth-order valence-electron chi connectivity index (χ4n) is 2.09. The highest BCUT2D eigenvalue weighted by molar-refractivity contribution is 6.04. The average Bonchev–Trinajstić information content (AvgIpc) is 3.05. The van der Waals surface area contributed by atoms with Gasteiger partial charge in [0.25, 0.3) is 11.8 Å². The third-order valence-corrected chi connectivity index (χ3v) is 3.33. The van der Waals surface area contributed by atoms with Crippen LogP contribution in [0.3, 0.4) is 0 Å². The van der Waals surface area contributed by atoms with Crippen LogP contribution in [0.4, 0.5) is 5.82 Å². The van der Waals surface area contributed by atoms with E-state index in [9.17, 15) is 9.59 Å². The number of aryl methyl sites for hydroxylation is 1. The predicted octanol–water partition coefficient (Wildman–Crippen LogP) is 1.96. The maximum Gasteiger partial charge on any atom is 0.275 e. The minimum Gasteiger partial charge on any atom is -0.360 e. The van der Waals surface area contributed by atoms with Crippen molar-refractivity contribution in [2.24, 2.45) is 0 Å². The highest BCUT2D eigenvalue weighted by atomic mass is 16.5. The standard InChI is InChI=1S/C17H15N5O3/c1-11-8-15(22-25-11)21-17(24)14-9-13(4-7-19-14)16(23)20-10-12-2-5-18-6-3-12/h2-9H,10H2,1H3,(H,20,23)(H,21,22,24). The predicted molar refractivity (Wildman–Crippen MR) is 88.8 cm³/mol. The van der Waals surface area contributed by atoms with Crippen molar-refractivity contribution in [1.82, 2.24) is 20.4 Å². The van der Waals surface area contributed by atoms with Gasteiger partial charge in [-0.2, -0.15) is 0 Å². The third-order valence-electron chi connectivity index (χ3n) is 3.33. The van der Waals surface area contributed by atoms with Gasteiger partial charge in [0.15, 0.2) is 5.82 Å². The molecule has 3 aromatic heterocycles. The molecule has 0 fully saturated rings. The normalized spacial score (nSPS) is 10.3. The number of hydrogen-bond donors (Lipinski definition) is 2. The topological polar surface area (TPSA) is 110 Å². The second kappa shape index (κ2) is 7.35. The first-order valence-corrected chi connectivity index (χ1v) is 7.49. The Bertz CT molecular complexity index is 892. The largest absolute Gasteiger partial charge is 0.360 e. The Hall–Kier alpha value is -3.55. The van der Waals surface area contributed by atoms with E-state index in [0.29, 0.717) is 17.9 Å². The van der Waals surface area contributed by atoms with E-state index in [1.807, 2.05) is 12.1 Å². The molecule has 0 saturated carbocycles. The summed E-state index contributed by atoms with van der Waals surface area (Å²) in [5.74, 6) is 0.0898. The number of nitrogens with zero attached hydrogens (tertiary/aromatic N) is 3. The van der Waals surface area contributed by atoms with Crippen molar-refractivity contribution < 1.29 is 14.1 Å². The van der Waals surface area contributed by atoms with Gasteiger partial charge in [-0.1, -0.05) is 5.16 Å². The van der Waals surface area contributed by atoms with Crippen LogP contribution in [0.5, 0.6) is 0 Å². The molecule has 126 valence electrons. The number of carbonyl (C=O) groups is 2. The van der Waals surface area contributed by atoms with Crippen LogP contribution in [0.25, 0.3) is 0 Å². The van der Waals surface area contributed by atoms with Crippen LogP contribution in [0, 0.1) is 6.92 Å². The van der Waals surface area contributed by atoms with Gasteiger partial charge in [0.2, 0.25) is 0 Å². The van der Waals surface area contributed by atoms with Gasteiger partial charge in [-0.25, -0.2) is 0 Å². The van der Waals surface area contributed by atoms with Gasteiger partial charge in [0.05, 0.1) is 0 Å². The summed E-state index contributed by atoms with van der Waals surface area (Å²) in [6, 6.07) is 8.17. The maximum atomic E-state index is 12.2. The molecule has 0 aliphatic heterocycles. The second-order valence-electron chi connectivity index (χ2n) is 5.24. The second-order valence-corrected chi connectivity index (χ2v) is 5.24. The van der Waals surface area contributed by atoms with Crippen molar-refractivity contribution >= 4 is 17.6 Å². The first-order valence-electron chi connectivity index (χ1n) is 7.49. The summed E-state index contributed by atoms with van der Waals surface area (Å²) in [6.07, 6.45) is 4.72. The molecule has 0 atom stereocenters. The molecule has 25 heavy (non-hydrogen) atoms. The summed E-state index contributed by atoms with van der Waals surface area (Å²) < 4.78 is 4.88. The third kappa shape index (κ3) is 4.25. The number of aromatic nitrogens is 3. The summed E-state index contributed by atoms with van der Waals surface area (Å²) >= 11 is 0. The van der Waals surface area contributed by atoms with Crippen molar-refractivity contribution in [3.05, 3.63) is 71.5 Å². The van der Waals surface area contributed by atoms with Crippen molar-refractivity contribution in [3.8, 4) is 0 Å². The lowest BCUT2D eigenvalue weighted by molar-refractivity contribution is 0.0950. The number of hydrogen-bond acceptors (Lipinski definition) is 6. The molecule has 0 aromatic carbocycles. The summed E-state index contributed by atoms with van der Waals surface area (Å²) in [6.45, 7) is 2.08. The zero-order valence-electron chi connectivity index (χ0n) is 13.4. The Balaban J connectivity index is 1.66. The van der Waals surface area contributed by atoms with Crippen LogP contribution in [0.2, 0.25) is 0 Å². The molecule has 0 saturated heterocycles. The molecule has 0 radical (unpaired) electrons. The lowest BCUT2D eigenvalue weighted by Gasteiger charge is -2.06. The van der Waals surface area contributed by atoms with Gasteiger partial charge in [0.1, 0.15) is 11.5 Å². The van der Waals surface area contributed by atoms with E-state index >= 15 is 0 Å². The zero-order valence-corrected chi connectivity index (χ0v) is 13.4. The van der Waals surface area contributed by atoms with E-state index < -0.39 is 5.91 Å². The molecule has 8 heteroatoms. The highest BCUT2D eigenvalue weighted by Gasteiger charge is 2.13. The van der Waals surface area contributed by atoms with Gasteiger partial charge in [-0.05, 0) is 36.8 Å². The van der Waals surface area contributed by atoms with Crippen molar-refractivity contribution in [2.75, 3.05) is 5.32 Å². The molecular weight excluding hydrogens is 322 g/mol. The summed E-state index contributed by atoms with van der Waals surface area (Å²) in [4.78, 5) is 32.3. The van der Waals surface area contributed by atoms with Crippen LogP contribution in [-0.4, -0.2) is 26.9 Å². The fraction of sp³-hybridized carbons (Fsp3) is 0.118. The number of anilines is 1. The molecule has 0 spiro atoms. The van der Waals surface area contributed by atoms with E-state index in [-0.39, 0.29) is 17.4 Å². The molecule has 0 aliphatic rings. The Morgan fingerprint density at radius 2 is 1.88 bits per heavy atom. The van der Waals surface area contributed by atoms with E-state index in [2.05, 4.69) is 25.8 Å². The molecule has 3 rings (SSSR count). The van der Waals surface area contributed by atoms with Crippen LogP contribution < -0.4 is 10.6 Å².